The van der Waals surface area contributed by atoms with Gasteiger partial charge in [-0.2, -0.15) is 5.26 Å². The van der Waals surface area contributed by atoms with E-state index >= 15 is 0 Å². The zero-order valence-corrected chi connectivity index (χ0v) is 14.2. The molecule has 0 aliphatic carbocycles. The standard InChI is InChI=1S/C16H13ClN2O4S/c1-10(23-13-4-2-12(17)3-5-13)16(21)22-9-14(20)19-15-11(8-18)6-7-24-15/h2-7,10H,9H2,1H3,(H,19,20)/t10-/m0/s1. The lowest BCUT2D eigenvalue weighted by atomic mass is 10.3. The fourth-order valence-corrected chi connectivity index (χ4v) is 2.56. The van der Waals surface area contributed by atoms with Crippen LogP contribution in [0.25, 0.3) is 0 Å². The largest absolute Gasteiger partial charge is 0.479 e. The number of esters is 1. The lowest BCUT2D eigenvalue weighted by Crippen LogP contribution is -2.29. The van der Waals surface area contributed by atoms with Crippen LogP contribution in [-0.4, -0.2) is 24.6 Å². The van der Waals surface area contributed by atoms with Crippen LogP contribution in [0.4, 0.5) is 5.00 Å². The highest BCUT2D eigenvalue weighted by atomic mass is 35.5. The summed E-state index contributed by atoms with van der Waals surface area (Å²) in [5.41, 5.74) is 0.360. The van der Waals surface area contributed by atoms with Crippen LogP contribution in [-0.2, 0) is 14.3 Å². The average Bonchev–Trinajstić information content (AvgIpc) is 3.01. The lowest BCUT2D eigenvalue weighted by molar-refractivity contribution is -0.153. The van der Waals surface area contributed by atoms with E-state index in [4.69, 9.17) is 26.3 Å². The van der Waals surface area contributed by atoms with Gasteiger partial charge >= 0.3 is 5.97 Å². The fourth-order valence-electron chi connectivity index (χ4n) is 1.68. The van der Waals surface area contributed by atoms with Gasteiger partial charge in [-0.3, -0.25) is 4.79 Å². The van der Waals surface area contributed by atoms with E-state index in [-0.39, 0.29) is 0 Å². The lowest BCUT2D eigenvalue weighted by Gasteiger charge is -2.13. The molecule has 1 N–H and O–H groups in total. The second-order valence-corrected chi connectivity index (χ2v) is 6.00. The van der Waals surface area contributed by atoms with Crippen LogP contribution in [0.5, 0.6) is 5.75 Å². The summed E-state index contributed by atoms with van der Waals surface area (Å²) in [6, 6.07) is 10.1. The van der Waals surface area contributed by atoms with Crippen LogP contribution in [0.3, 0.4) is 0 Å². The summed E-state index contributed by atoms with van der Waals surface area (Å²) >= 11 is 6.98. The number of hydrogen-bond acceptors (Lipinski definition) is 6. The molecule has 2 aromatic rings. The molecule has 1 aromatic carbocycles. The van der Waals surface area contributed by atoms with E-state index in [0.29, 0.717) is 21.3 Å². The Hall–Kier alpha value is -2.56. The van der Waals surface area contributed by atoms with Crippen molar-refractivity contribution in [3.8, 4) is 11.8 Å². The quantitative estimate of drug-likeness (QED) is 0.795. The molecule has 1 atom stereocenters. The smallest absolute Gasteiger partial charge is 0.347 e. The van der Waals surface area contributed by atoms with Gasteiger partial charge in [-0.25, -0.2) is 4.79 Å². The van der Waals surface area contributed by atoms with Gasteiger partial charge in [-0.1, -0.05) is 11.6 Å². The first-order valence-electron chi connectivity index (χ1n) is 6.86. The summed E-state index contributed by atoms with van der Waals surface area (Å²) in [4.78, 5) is 23.6. The van der Waals surface area contributed by atoms with E-state index in [0.717, 1.165) is 0 Å². The minimum absolute atomic E-state index is 0.360. The van der Waals surface area contributed by atoms with Crippen molar-refractivity contribution in [3.63, 3.8) is 0 Å². The predicted octanol–water partition coefficient (Wildman–Crippen LogP) is 3.22. The molecule has 1 amide bonds. The van der Waals surface area contributed by atoms with Gasteiger partial charge in [0.05, 0.1) is 5.56 Å². The molecular weight excluding hydrogens is 352 g/mol. The van der Waals surface area contributed by atoms with Crippen LogP contribution in [0.15, 0.2) is 35.7 Å². The Morgan fingerprint density at radius 3 is 2.71 bits per heavy atom. The molecule has 0 saturated carbocycles. The number of thiophene rings is 1. The second kappa shape index (κ2) is 8.34. The van der Waals surface area contributed by atoms with E-state index in [1.165, 1.54) is 18.3 Å². The molecule has 0 bridgehead atoms. The summed E-state index contributed by atoms with van der Waals surface area (Å²) in [6.07, 6.45) is -0.879. The highest BCUT2D eigenvalue weighted by Gasteiger charge is 2.18. The highest BCUT2D eigenvalue weighted by Crippen LogP contribution is 2.22. The molecule has 0 fully saturated rings. The number of carbonyl (C=O) groups excluding carboxylic acids is 2. The molecule has 0 radical (unpaired) electrons. The third-order valence-corrected chi connectivity index (χ3v) is 3.92. The zero-order chi connectivity index (χ0) is 17.5. The SMILES string of the molecule is C[C@H](Oc1ccc(Cl)cc1)C(=O)OCC(=O)Nc1sccc1C#N. The average molecular weight is 365 g/mol. The maximum absolute atomic E-state index is 11.8. The van der Waals surface area contributed by atoms with E-state index < -0.39 is 24.6 Å². The second-order valence-electron chi connectivity index (χ2n) is 4.65. The van der Waals surface area contributed by atoms with E-state index in [1.807, 2.05) is 6.07 Å². The summed E-state index contributed by atoms with van der Waals surface area (Å²) in [5.74, 6) is -0.738. The third-order valence-electron chi connectivity index (χ3n) is 2.84. The number of nitrogens with one attached hydrogen (secondary N) is 1. The number of anilines is 1. The first-order chi connectivity index (χ1) is 11.5. The summed E-state index contributed by atoms with van der Waals surface area (Å²) in [6.45, 7) is 1.05. The van der Waals surface area contributed by atoms with Crippen molar-refractivity contribution in [1.29, 1.82) is 5.26 Å². The van der Waals surface area contributed by atoms with Gasteiger partial charge in [0.25, 0.3) is 5.91 Å². The molecule has 0 spiro atoms. The normalized spacial score (nSPS) is 11.2. The van der Waals surface area contributed by atoms with Crippen LogP contribution >= 0.6 is 22.9 Å². The molecule has 0 saturated heterocycles. The van der Waals surface area contributed by atoms with Crippen molar-refractivity contribution in [3.05, 3.63) is 46.3 Å². The van der Waals surface area contributed by atoms with Gasteiger partial charge in [-0.15, -0.1) is 11.3 Å². The number of halogens is 1. The van der Waals surface area contributed by atoms with Gasteiger partial charge in [0.15, 0.2) is 12.7 Å². The monoisotopic (exact) mass is 364 g/mol. The molecule has 1 aromatic heterocycles. The van der Waals surface area contributed by atoms with Crippen molar-refractivity contribution in [2.45, 2.75) is 13.0 Å². The van der Waals surface area contributed by atoms with Crippen molar-refractivity contribution in [2.24, 2.45) is 0 Å². The number of rotatable bonds is 6. The number of ether oxygens (including phenoxy) is 2. The summed E-state index contributed by atoms with van der Waals surface area (Å²) in [5, 5.41) is 14.0. The predicted molar refractivity (Wildman–Crippen MR) is 90.2 cm³/mol. The van der Waals surface area contributed by atoms with Crippen LogP contribution < -0.4 is 10.1 Å². The number of benzene rings is 1. The Morgan fingerprint density at radius 2 is 2.04 bits per heavy atom. The van der Waals surface area contributed by atoms with Crippen molar-refractivity contribution >= 4 is 39.8 Å². The van der Waals surface area contributed by atoms with E-state index in [1.54, 1.807) is 35.7 Å². The number of amides is 1. The number of hydrogen-bond donors (Lipinski definition) is 1. The molecule has 8 heteroatoms. The maximum Gasteiger partial charge on any atom is 0.347 e. The molecule has 24 heavy (non-hydrogen) atoms. The Kier molecular flexibility index (Phi) is 6.18. The van der Waals surface area contributed by atoms with Gasteiger partial charge in [-0.05, 0) is 42.6 Å². The molecule has 0 unspecified atom stereocenters. The molecular formula is C16H13ClN2O4S. The first kappa shape index (κ1) is 17.8. The highest BCUT2D eigenvalue weighted by molar-refractivity contribution is 7.14. The number of nitriles is 1. The zero-order valence-electron chi connectivity index (χ0n) is 12.6. The number of nitrogens with zero attached hydrogens (tertiary/aromatic N) is 1. The van der Waals surface area contributed by atoms with Gasteiger partial charge < -0.3 is 14.8 Å². The third kappa shape index (κ3) is 4.98. The fraction of sp³-hybridized carbons (Fsp3) is 0.188. The topological polar surface area (TPSA) is 88.4 Å². The molecule has 2 rings (SSSR count). The van der Waals surface area contributed by atoms with E-state index in [2.05, 4.69) is 5.32 Å². The Labute approximate surface area is 147 Å². The van der Waals surface area contributed by atoms with Crippen LogP contribution in [0.2, 0.25) is 5.02 Å². The summed E-state index contributed by atoms with van der Waals surface area (Å²) < 4.78 is 10.3. The van der Waals surface area contributed by atoms with E-state index in [9.17, 15) is 9.59 Å². The molecule has 6 nitrogen and oxygen atoms in total. The van der Waals surface area contributed by atoms with Crippen molar-refractivity contribution < 1.29 is 19.1 Å². The van der Waals surface area contributed by atoms with Crippen molar-refractivity contribution in [1.82, 2.24) is 0 Å². The van der Waals surface area contributed by atoms with Crippen LogP contribution in [0, 0.1) is 11.3 Å². The Balaban J connectivity index is 1.80. The summed E-state index contributed by atoms with van der Waals surface area (Å²) in [7, 11) is 0. The molecule has 0 aliphatic rings. The molecule has 0 aliphatic heterocycles. The number of carbonyl (C=O) groups is 2. The molecule has 1 heterocycles. The van der Waals surface area contributed by atoms with Crippen LogP contribution in [0.1, 0.15) is 12.5 Å². The van der Waals surface area contributed by atoms with Crippen molar-refractivity contribution in [2.75, 3.05) is 11.9 Å². The first-order valence-corrected chi connectivity index (χ1v) is 8.11. The van der Waals surface area contributed by atoms with Gasteiger partial charge in [0.2, 0.25) is 0 Å². The Morgan fingerprint density at radius 1 is 1.33 bits per heavy atom. The molecule has 124 valence electrons. The maximum atomic E-state index is 11.8. The van der Waals surface area contributed by atoms with Gasteiger partial charge in [0, 0.05) is 5.02 Å². The minimum Gasteiger partial charge on any atom is -0.479 e. The minimum atomic E-state index is -0.879. The van der Waals surface area contributed by atoms with Gasteiger partial charge in [0.1, 0.15) is 16.8 Å². The Bertz CT molecular complexity index is 767.